The maximum absolute atomic E-state index is 12.9. The largest absolute Gasteiger partial charge is 0.454 e. The van der Waals surface area contributed by atoms with Crippen LogP contribution in [0.25, 0.3) is 0 Å². The number of amides is 1. The Labute approximate surface area is 160 Å². The van der Waals surface area contributed by atoms with E-state index >= 15 is 0 Å². The van der Waals surface area contributed by atoms with Crippen LogP contribution in [0.3, 0.4) is 0 Å². The van der Waals surface area contributed by atoms with Gasteiger partial charge in [0.1, 0.15) is 6.54 Å². The first-order chi connectivity index (χ1) is 12.9. The molecule has 0 radical (unpaired) electrons. The third kappa shape index (κ3) is 3.66. The number of benzene rings is 1. The number of aryl methyl sites for hydroxylation is 1. The minimum Gasteiger partial charge on any atom is -0.454 e. The zero-order valence-corrected chi connectivity index (χ0v) is 16.3. The van der Waals surface area contributed by atoms with Crippen molar-refractivity contribution in [2.75, 3.05) is 19.9 Å². The zero-order valence-electron chi connectivity index (χ0n) is 16.3. The average molecular weight is 369 g/mol. The van der Waals surface area contributed by atoms with Crippen molar-refractivity contribution >= 4 is 5.91 Å². The number of piperidine rings is 1. The highest BCUT2D eigenvalue weighted by Crippen LogP contribution is 2.37. The lowest BCUT2D eigenvalue weighted by molar-refractivity contribution is -0.135. The van der Waals surface area contributed by atoms with Crippen LogP contribution < -0.4 is 9.47 Å². The number of rotatable bonds is 4. The molecule has 3 heterocycles. The van der Waals surface area contributed by atoms with E-state index in [0.29, 0.717) is 13.3 Å². The summed E-state index contributed by atoms with van der Waals surface area (Å²) in [5, 5.41) is 0. The van der Waals surface area contributed by atoms with Crippen LogP contribution in [0.1, 0.15) is 36.7 Å². The van der Waals surface area contributed by atoms with Gasteiger partial charge in [0.15, 0.2) is 11.5 Å². The fourth-order valence-corrected chi connectivity index (χ4v) is 4.17. The van der Waals surface area contributed by atoms with Gasteiger partial charge in [0.25, 0.3) is 0 Å². The van der Waals surface area contributed by atoms with Gasteiger partial charge in [-0.2, -0.15) is 0 Å². The van der Waals surface area contributed by atoms with Crippen LogP contribution in [0.2, 0.25) is 0 Å². The summed E-state index contributed by atoms with van der Waals surface area (Å²) in [4.78, 5) is 19.2. The lowest BCUT2D eigenvalue weighted by Crippen LogP contribution is -2.46. The third-order valence-electron chi connectivity index (χ3n) is 5.85. The summed E-state index contributed by atoms with van der Waals surface area (Å²) in [6.45, 7) is 8.55. The Morgan fingerprint density at radius 2 is 2.07 bits per heavy atom. The van der Waals surface area contributed by atoms with Crippen molar-refractivity contribution in [3.8, 4) is 11.5 Å². The minimum atomic E-state index is 0.0709. The summed E-state index contributed by atoms with van der Waals surface area (Å²) in [5.74, 6) is 1.81. The van der Waals surface area contributed by atoms with E-state index in [9.17, 15) is 4.79 Å². The molecule has 1 fully saturated rings. The fraction of sp³-hybridized carbons (Fsp3) is 0.524. The van der Waals surface area contributed by atoms with Crippen LogP contribution >= 0.6 is 0 Å². The molecule has 2 aromatic rings. The lowest BCUT2D eigenvalue weighted by Gasteiger charge is -2.41. The van der Waals surface area contributed by atoms with E-state index in [1.54, 1.807) is 6.33 Å². The SMILES string of the molecule is Cc1ncn(CC(=O)N2CCC[C@](C)(Cc3ccc4c(c3)OCO4)C2)c1C. The summed E-state index contributed by atoms with van der Waals surface area (Å²) < 4.78 is 12.9. The van der Waals surface area contributed by atoms with Crippen LogP contribution in [-0.4, -0.2) is 40.2 Å². The second-order valence-electron chi connectivity index (χ2n) is 8.14. The number of likely N-dealkylation sites (tertiary alicyclic amines) is 1. The Balaban J connectivity index is 1.43. The molecule has 6 nitrogen and oxygen atoms in total. The molecule has 0 spiro atoms. The third-order valence-corrected chi connectivity index (χ3v) is 5.85. The molecule has 0 saturated carbocycles. The number of hydrogen-bond acceptors (Lipinski definition) is 4. The molecule has 4 rings (SSSR count). The van der Waals surface area contributed by atoms with Crippen molar-refractivity contribution in [3.05, 3.63) is 41.5 Å². The maximum atomic E-state index is 12.9. The number of hydrogen-bond donors (Lipinski definition) is 0. The van der Waals surface area contributed by atoms with Crippen molar-refractivity contribution in [2.24, 2.45) is 5.41 Å². The molecule has 2 aliphatic rings. The Bertz CT molecular complexity index is 860. The summed E-state index contributed by atoms with van der Waals surface area (Å²) in [7, 11) is 0. The Morgan fingerprint density at radius 3 is 2.85 bits per heavy atom. The van der Waals surface area contributed by atoms with Crippen molar-refractivity contribution in [1.82, 2.24) is 14.5 Å². The topological polar surface area (TPSA) is 56.6 Å². The molecule has 1 atom stereocenters. The molecule has 0 bridgehead atoms. The smallest absolute Gasteiger partial charge is 0.242 e. The molecule has 0 unspecified atom stereocenters. The predicted octanol–water partition coefficient (Wildman–Crippen LogP) is 3.10. The molecule has 144 valence electrons. The number of fused-ring (bicyclic) bond motifs is 1. The summed E-state index contributed by atoms with van der Waals surface area (Å²) in [6, 6.07) is 6.17. The summed E-state index contributed by atoms with van der Waals surface area (Å²) in [6.07, 6.45) is 4.85. The van der Waals surface area contributed by atoms with E-state index in [1.165, 1.54) is 5.56 Å². The molecule has 1 aromatic heterocycles. The van der Waals surface area contributed by atoms with E-state index in [-0.39, 0.29) is 11.3 Å². The number of nitrogens with zero attached hydrogens (tertiary/aromatic N) is 3. The van der Waals surface area contributed by atoms with Gasteiger partial charge in [0, 0.05) is 18.8 Å². The summed E-state index contributed by atoms with van der Waals surface area (Å²) >= 11 is 0. The van der Waals surface area contributed by atoms with Gasteiger partial charge in [-0.25, -0.2) is 4.98 Å². The van der Waals surface area contributed by atoms with Crippen LogP contribution in [0, 0.1) is 19.3 Å². The van der Waals surface area contributed by atoms with Gasteiger partial charge in [-0.3, -0.25) is 4.79 Å². The van der Waals surface area contributed by atoms with Gasteiger partial charge in [0.05, 0.1) is 12.0 Å². The number of aromatic nitrogens is 2. The number of carbonyl (C=O) groups is 1. The molecule has 0 N–H and O–H groups in total. The van der Waals surface area contributed by atoms with Gasteiger partial charge in [0.2, 0.25) is 12.7 Å². The van der Waals surface area contributed by atoms with Crippen LogP contribution in [0.15, 0.2) is 24.5 Å². The average Bonchev–Trinajstić information content (AvgIpc) is 3.22. The molecule has 6 heteroatoms. The van der Waals surface area contributed by atoms with E-state index in [4.69, 9.17) is 9.47 Å². The van der Waals surface area contributed by atoms with Gasteiger partial charge in [-0.15, -0.1) is 0 Å². The number of imidazole rings is 1. The molecule has 2 aliphatic heterocycles. The second-order valence-corrected chi connectivity index (χ2v) is 8.14. The maximum Gasteiger partial charge on any atom is 0.242 e. The Morgan fingerprint density at radius 1 is 1.26 bits per heavy atom. The molecule has 0 aliphatic carbocycles. The van der Waals surface area contributed by atoms with Crippen molar-refractivity contribution < 1.29 is 14.3 Å². The molecule has 1 saturated heterocycles. The second kappa shape index (κ2) is 6.91. The Hall–Kier alpha value is -2.50. The molecule has 1 amide bonds. The van der Waals surface area contributed by atoms with E-state index in [1.807, 2.05) is 29.4 Å². The number of carbonyl (C=O) groups excluding carboxylic acids is 1. The van der Waals surface area contributed by atoms with Crippen LogP contribution in [0.4, 0.5) is 0 Å². The minimum absolute atomic E-state index is 0.0709. The van der Waals surface area contributed by atoms with Crippen LogP contribution in [-0.2, 0) is 17.8 Å². The first-order valence-electron chi connectivity index (χ1n) is 9.58. The highest BCUT2D eigenvalue weighted by atomic mass is 16.7. The standard InChI is InChI=1S/C21H27N3O3/c1-15-16(2)24(13-22-15)11-20(25)23-8-4-7-21(3,12-23)10-17-5-6-18-19(9-17)27-14-26-18/h5-6,9,13H,4,7-8,10-12,14H2,1-3H3/t21-/m1/s1. The first kappa shape index (κ1) is 17.9. The van der Waals surface area contributed by atoms with Crippen LogP contribution in [0.5, 0.6) is 11.5 Å². The molecule has 1 aromatic carbocycles. The van der Waals surface area contributed by atoms with Gasteiger partial charge in [-0.05, 0) is 56.2 Å². The number of ether oxygens (including phenoxy) is 2. The molecular formula is C21H27N3O3. The Kier molecular flexibility index (Phi) is 4.58. The van der Waals surface area contributed by atoms with Crippen molar-refractivity contribution in [2.45, 2.75) is 46.6 Å². The predicted molar refractivity (Wildman–Crippen MR) is 102 cm³/mol. The normalized spacial score (nSPS) is 21.5. The van der Waals surface area contributed by atoms with Crippen molar-refractivity contribution in [3.63, 3.8) is 0 Å². The highest BCUT2D eigenvalue weighted by Gasteiger charge is 2.33. The van der Waals surface area contributed by atoms with Gasteiger partial charge >= 0.3 is 0 Å². The van der Waals surface area contributed by atoms with Gasteiger partial charge < -0.3 is 18.9 Å². The summed E-state index contributed by atoms with van der Waals surface area (Å²) in [5.41, 5.74) is 3.34. The van der Waals surface area contributed by atoms with Crippen molar-refractivity contribution in [1.29, 1.82) is 0 Å². The first-order valence-corrected chi connectivity index (χ1v) is 9.58. The quantitative estimate of drug-likeness (QED) is 0.831. The molecular weight excluding hydrogens is 342 g/mol. The monoisotopic (exact) mass is 369 g/mol. The zero-order chi connectivity index (χ0) is 19.0. The van der Waals surface area contributed by atoms with E-state index in [0.717, 1.165) is 55.2 Å². The van der Waals surface area contributed by atoms with E-state index in [2.05, 4.69) is 24.0 Å². The van der Waals surface area contributed by atoms with E-state index < -0.39 is 0 Å². The lowest BCUT2D eigenvalue weighted by atomic mass is 9.77. The highest BCUT2D eigenvalue weighted by molar-refractivity contribution is 5.76. The fourth-order valence-electron chi connectivity index (χ4n) is 4.17. The van der Waals surface area contributed by atoms with Gasteiger partial charge in [-0.1, -0.05) is 13.0 Å². The molecule has 27 heavy (non-hydrogen) atoms.